The van der Waals surface area contributed by atoms with E-state index in [9.17, 15) is 5.11 Å². The highest BCUT2D eigenvalue weighted by Gasteiger charge is 2.01. The van der Waals surface area contributed by atoms with E-state index in [1.54, 1.807) is 12.1 Å². The molecule has 0 amide bonds. The molecule has 0 atom stereocenters. The van der Waals surface area contributed by atoms with Crippen molar-refractivity contribution < 1.29 is 5.11 Å². The highest BCUT2D eigenvalue weighted by atomic mass is 16.3. The minimum absolute atomic E-state index is 0.270. The van der Waals surface area contributed by atoms with Gasteiger partial charge in [-0.15, -0.1) is 0 Å². The summed E-state index contributed by atoms with van der Waals surface area (Å²) >= 11 is 0. The molecule has 0 aliphatic rings. The van der Waals surface area contributed by atoms with Crippen LogP contribution in [0.3, 0.4) is 0 Å². The number of aromatic hydroxyl groups is 1. The first-order chi connectivity index (χ1) is 10.3. The Kier molecular flexibility index (Phi) is 6.20. The van der Waals surface area contributed by atoms with Crippen molar-refractivity contribution in [2.45, 2.75) is 51.9 Å². The lowest BCUT2D eigenvalue weighted by molar-refractivity contribution is 0.475. The maximum Gasteiger partial charge on any atom is 0.115 e. The lowest BCUT2D eigenvalue weighted by atomic mass is 10.1. The normalized spacial score (nSPS) is 10.7. The smallest absolute Gasteiger partial charge is 0.115 e. The van der Waals surface area contributed by atoms with Gasteiger partial charge in [0.1, 0.15) is 5.75 Å². The molecule has 0 bridgehead atoms. The van der Waals surface area contributed by atoms with E-state index in [1.807, 2.05) is 18.2 Å². The van der Waals surface area contributed by atoms with Crippen molar-refractivity contribution >= 4 is 0 Å². The van der Waals surface area contributed by atoms with Gasteiger partial charge in [0, 0.05) is 5.56 Å². The largest absolute Gasteiger partial charge is 0.508 e. The van der Waals surface area contributed by atoms with E-state index in [2.05, 4.69) is 23.2 Å². The van der Waals surface area contributed by atoms with Crippen LogP contribution >= 0.6 is 0 Å². The molecule has 0 saturated heterocycles. The Morgan fingerprint density at radius 1 is 0.810 bits per heavy atom. The van der Waals surface area contributed by atoms with Gasteiger partial charge in [-0.05, 0) is 49.2 Å². The second-order valence-electron chi connectivity index (χ2n) is 5.47. The number of aromatic nitrogens is 2. The van der Waals surface area contributed by atoms with Gasteiger partial charge in [-0.2, -0.15) is 10.2 Å². The van der Waals surface area contributed by atoms with E-state index in [4.69, 9.17) is 0 Å². The number of phenols is 1. The molecule has 21 heavy (non-hydrogen) atoms. The fraction of sp³-hybridized carbons (Fsp3) is 0.444. The van der Waals surface area contributed by atoms with Crippen molar-refractivity contribution in [2.75, 3.05) is 0 Å². The lowest BCUT2D eigenvalue weighted by Gasteiger charge is -2.03. The number of unbranched alkanes of at least 4 members (excludes halogenated alkanes) is 5. The van der Waals surface area contributed by atoms with Gasteiger partial charge in [0.05, 0.1) is 11.4 Å². The van der Waals surface area contributed by atoms with Crippen molar-refractivity contribution in [3.05, 3.63) is 42.1 Å². The van der Waals surface area contributed by atoms with E-state index in [-0.39, 0.29) is 5.75 Å². The molecule has 1 aromatic heterocycles. The molecule has 2 aromatic rings. The lowest BCUT2D eigenvalue weighted by Crippen LogP contribution is -1.95. The topological polar surface area (TPSA) is 46.0 Å². The van der Waals surface area contributed by atoms with Crippen LogP contribution in [0.5, 0.6) is 5.75 Å². The molecule has 3 heteroatoms. The van der Waals surface area contributed by atoms with Crippen molar-refractivity contribution in [1.82, 2.24) is 10.2 Å². The fourth-order valence-electron chi connectivity index (χ4n) is 2.37. The maximum atomic E-state index is 9.29. The molecule has 0 spiro atoms. The second-order valence-corrected chi connectivity index (χ2v) is 5.47. The molecule has 0 fully saturated rings. The van der Waals surface area contributed by atoms with Crippen molar-refractivity contribution in [2.24, 2.45) is 0 Å². The molecule has 2 rings (SSSR count). The zero-order chi connectivity index (χ0) is 14.9. The molecule has 1 N–H and O–H groups in total. The van der Waals surface area contributed by atoms with Crippen LogP contribution in [-0.4, -0.2) is 15.3 Å². The van der Waals surface area contributed by atoms with Crippen molar-refractivity contribution in [3.8, 4) is 17.0 Å². The Bertz CT molecular complexity index is 520. The van der Waals surface area contributed by atoms with Crippen LogP contribution in [0, 0.1) is 0 Å². The number of phenolic OH excluding ortho intramolecular Hbond substituents is 1. The third-order valence-corrected chi connectivity index (χ3v) is 3.67. The summed E-state index contributed by atoms with van der Waals surface area (Å²) in [5.41, 5.74) is 2.89. The average Bonchev–Trinajstić information content (AvgIpc) is 2.52. The predicted octanol–water partition coefficient (Wildman–Crippen LogP) is 4.75. The molecule has 1 aromatic carbocycles. The number of nitrogens with zero attached hydrogens (tertiary/aromatic N) is 2. The van der Waals surface area contributed by atoms with Gasteiger partial charge in [0.25, 0.3) is 0 Å². The zero-order valence-corrected chi connectivity index (χ0v) is 12.8. The number of rotatable bonds is 8. The summed E-state index contributed by atoms with van der Waals surface area (Å²) in [5.74, 6) is 0.270. The maximum absolute atomic E-state index is 9.29. The zero-order valence-electron chi connectivity index (χ0n) is 12.8. The van der Waals surface area contributed by atoms with E-state index in [0.29, 0.717) is 0 Å². The van der Waals surface area contributed by atoms with Gasteiger partial charge in [-0.25, -0.2) is 0 Å². The molecule has 0 unspecified atom stereocenters. The van der Waals surface area contributed by atoms with Gasteiger partial charge in [0.2, 0.25) is 0 Å². The van der Waals surface area contributed by atoms with Crippen LogP contribution in [0.15, 0.2) is 36.4 Å². The molecule has 0 saturated carbocycles. The summed E-state index contributed by atoms with van der Waals surface area (Å²) in [6, 6.07) is 11.1. The first kappa shape index (κ1) is 15.5. The van der Waals surface area contributed by atoms with Gasteiger partial charge in [-0.1, -0.05) is 39.0 Å². The molecule has 112 valence electrons. The summed E-state index contributed by atoms with van der Waals surface area (Å²) in [4.78, 5) is 0. The number of benzene rings is 1. The van der Waals surface area contributed by atoms with Gasteiger partial charge >= 0.3 is 0 Å². The molecular formula is C18H24N2O. The van der Waals surface area contributed by atoms with Crippen LogP contribution in [0.25, 0.3) is 11.3 Å². The third-order valence-electron chi connectivity index (χ3n) is 3.67. The molecule has 0 radical (unpaired) electrons. The summed E-state index contributed by atoms with van der Waals surface area (Å²) in [6.45, 7) is 2.24. The molecular weight excluding hydrogens is 260 g/mol. The van der Waals surface area contributed by atoms with E-state index >= 15 is 0 Å². The molecule has 1 heterocycles. The number of aryl methyl sites for hydroxylation is 1. The first-order valence-electron chi connectivity index (χ1n) is 7.91. The third kappa shape index (κ3) is 5.18. The minimum Gasteiger partial charge on any atom is -0.508 e. The minimum atomic E-state index is 0.270. The Balaban J connectivity index is 1.80. The molecule has 3 nitrogen and oxygen atoms in total. The van der Waals surface area contributed by atoms with Crippen LogP contribution < -0.4 is 0 Å². The second kappa shape index (κ2) is 8.40. The Morgan fingerprint density at radius 2 is 1.52 bits per heavy atom. The van der Waals surface area contributed by atoms with Crippen LogP contribution in [-0.2, 0) is 6.42 Å². The average molecular weight is 284 g/mol. The molecule has 0 aliphatic heterocycles. The highest BCUT2D eigenvalue weighted by Crippen LogP contribution is 2.19. The number of hydrogen-bond donors (Lipinski definition) is 1. The number of hydrogen-bond acceptors (Lipinski definition) is 3. The predicted molar refractivity (Wildman–Crippen MR) is 86.2 cm³/mol. The quantitative estimate of drug-likeness (QED) is 0.711. The Hall–Kier alpha value is -1.90. The summed E-state index contributed by atoms with van der Waals surface area (Å²) in [5, 5.41) is 17.9. The van der Waals surface area contributed by atoms with Crippen LogP contribution in [0.2, 0.25) is 0 Å². The summed E-state index contributed by atoms with van der Waals surface area (Å²) in [6.07, 6.45) is 8.80. The summed E-state index contributed by atoms with van der Waals surface area (Å²) in [7, 11) is 0. The van der Waals surface area contributed by atoms with Gasteiger partial charge in [-0.3, -0.25) is 0 Å². The highest BCUT2D eigenvalue weighted by molar-refractivity contribution is 5.59. The van der Waals surface area contributed by atoms with E-state index in [0.717, 1.165) is 23.4 Å². The Labute approximate surface area is 127 Å². The van der Waals surface area contributed by atoms with Crippen LogP contribution in [0.4, 0.5) is 0 Å². The van der Waals surface area contributed by atoms with E-state index in [1.165, 1.54) is 38.5 Å². The van der Waals surface area contributed by atoms with E-state index < -0.39 is 0 Å². The monoisotopic (exact) mass is 284 g/mol. The SMILES string of the molecule is CCCCCCCCc1ccc(-c2ccc(O)cc2)nn1. The van der Waals surface area contributed by atoms with Crippen molar-refractivity contribution in [3.63, 3.8) is 0 Å². The van der Waals surface area contributed by atoms with Crippen LogP contribution in [0.1, 0.15) is 51.1 Å². The van der Waals surface area contributed by atoms with Gasteiger partial charge in [0.15, 0.2) is 0 Å². The standard InChI is InChI=1S/C18H24N2O/c1-2-3-4-5-6-7-8-16-11-14-18(20-19-16)15-9-12-17(21)13-10-15/h9-14,21H,2-8H2,1H3. The van der Waals surface area contributed by atoms with Crippen molar-refractivity contribution in [1.29, 1.82) is 0 Å². The summed E-state index contributed by atoms with van der Waals surface area (Å²) < 4.78 is 0. The molecule has 0 aliphatic carbocycles. The van der Waals surface area contributed by atoms with Gasteiger partial charge < -0.3 is 5.11 Å². The fourth-order valence-corrected chi connectivity index (χ4v) is 2.37. The first-order valence-corrected chi connectivity index (χ1v) is 7.91. The Morgan fingerprint density at radius 3 is 2.19 bits per heavy atom.